The summed E-state index contributed by atoms with van der Waals surface area (Å²) >= 11 is 0. The van der Waals surface area contributed by atoms with E-state index in [1.807, 2.05) is 19.2 Å². The molecular formula is C48H67NO9. The number of hydrogen-bond donors (Lipinski definition) is 1. The number of carbonyl (C=O) groups excluding carboxylic acids is 3. The maximum absolute atomic E-state index is 14.2. The first-order valence-electron chi connectivity index (χ1n) is 22.2. The Bertz CT molecular complexity index is 1750. The monoisotopic (exact) mass is 801 g/mol. The summed E-state index contributed by atoms with van der Waals surface area (Å²) < 4.78 is 30.0. The number of unbranched alkanes of at least 4 members (excludes halogenated alkanes) is 14. The molecule has 2 aliphatic heterocycles. The van der Waals surface area contributed by atoms with E-state index in [1.165, 1.54) is 70.6 Å². The van der Waals surface area contributed by atoms with Crippen molar-refractivity contribution >= 4 is 18.1 Å². The van der Waals surface area contributed by atoms with Crippen LogP contribution in [0.25, 0.3) is 0 Å². The van der Waals surface area contributed by atoms with E-state index in [0.717, 1.165) is 30.4 Å². The molecule has 58 heavy (non-hydrogen) atoms. The van der Waals surface area contributed by atoms with Gasteiger partial charge in [-0.2, -0.15) is 0 Å². The van der Waals surface area contributed by atoms with Gasteiger partial charge >= 0.3 is 18.1 Å². The number of rotatable bonds is 21. The van der Waals surface area contributed by atoms with E-state index in [9.17, 15) is 19.5 Å². The molecule has 2 bridgehead atoms. The fraction of sp³-hybridized carbons (Fsp3) is 0.646. The topological polar surface area (TPSA) is 121 Å². The summed E-state index contributed by atoms with van der Waals surface area (Å²) in [6.45, 7) is 8.21. The predicted octanol–water partition coefficient (Wildman–Crippen LogP) is 10.4. The van der Waals surface area contributed by atoms with Gasteiger partial charge in [-0.05, 0) is 71.3 Å². The van der Waals surface area contributed by atoms with Crippen molar-refractivity contribution in [3.05, 3.63) is 71.0 Å². The SMILES string of the molecule is CCCCCCCCCCCCCCCCCC(=O)OC(C(=O)OC1=CC[C@@]2(O)[C@H]3Cc4ccc(OC(=O)OC(C)(C)C)c5c4[C@@]2(CCN3C)[C@H]1O5)c1ccccc1. The molecule has 1 fully saturated rings. The van der Waals surface area contributed by atoms with E-state index < -0.39 is 46.9 Å². The van der Waals surface area contributed by atoms with Gasteiger partial charge in [-0.1, -0.05) is 133 Å². The van der Waals surface area contributed by atoms with E-state index in [0.29, 0.717) is 37.1 Å². The zero-order chi connectivity index (χ0) is 41.3. The molecule has 0 aromatic heterocycles. The highest BCUT2D eigenvalue weighted by Gasteiger charge is 2.72. The Hall–Kier alpha value is -3.89. The van der Waals surface area contributed by atoms with Gasteiger partial charge in [-0.3, -0.25) is 4.79 Å². The van der Waals surface area contributed by atoms with Crippen molar-refractivity contribution in [2.45, 2.75) is 185 Å². The summed E-state index contributed by atoms with van der Waals surface area (Å²) in [4.78, 5) is 42.5. The fourth-order valence-electron chi connectivity index (χ4n) is 9.75. The summed E-state index contributed by atoms with van der Waals surface area (Å²) in [5.74, 6) is -0.432. The number of piperidine rings is 1. The van der Waals surface area contributed by atoms with E-state index in [4.69, 9.17) is 23.7 Å². The zero-order valence-corrected chi connectivity index (χ0v) is 35.7. The smallest absolute Gasteiger partial charge is 0.477 e. The quantitative estimate of drug-likeness (QED) is 0.0565. The lowest BCUT2D eigenvalue weighted by Crippen LogP contribution is -2.74. The average molecular weight is 802 g/mol. The van der Waals surface area contributed by atoms with Crippen molar-refractivity contribution in [3.63, 3.8) is 0 Å². The van der Waals surface area contributed by atoms with Crippen LogP contribution in [-0.2, 0) is 35.6 Å². The van der Waals surface area contributed by atoms with Crippen LogP contribution in [0.3, 0.4) is 0 Å². The predicted molar refractivity (Wildman–Crippen MR) is 223 cm³/mol. The Morgan fingerprint density at radius 2 is 1.48 bits per heavy atom. The van der Waals surface area contributed by atoms with Crippen LogP contribution in [0.1, 0.15) is 166 Å². The molecule has 2 aliphatic carbocycles. The Kier molecular flexibility index (Phi) is 14.6. The van der Waals surface area contributed by atoms with Crippen molar-refractivity contribution in [1.82, 2.24) is 4.90 Å². The molecule has 4 aliphatic rings. The number of benzene rings is 2. The first-order chi connectivity index (χ1) is 27.9. The molecule has 10 heteroatoms. The van der Waals surface area contributed by atoms with Gasteiger partial charge in [0.15, 0.2) is 17.6 Å². The molecule has 0 radical (unpaired) electrons. The molecule has 1 N–H and O–H groups in total. The van der Waals surface area contributed by atoms with Gasteiger partial charge in [0.2, 0.25) is 6.10 Å². The van der Waals surface area contributed by atoms with E-state index >= 15 is 0 Å². The number of likely N-dealkylation sites (N-methyl/N-ethyl adjacent to an activating group) is 1. The summed E-state index contributed by atoms with van der Waals surface area (Å²) in [6, 6.07) is 12.3. The molecule has 1 saturated heterocycles. The van der Waals surface area contributed by atoms with E-state index in [-0.39, 0.29) is 30.4 Å². The van der Waals surface area contributed by atoms with Crippen molar-refractivity contribution in [2.24, 2.45) is 0 Å². The molecule has 0 amide bonds. The van der Waals surface area contributed by atoms with Crippen molar-refractivity contribution in [1.29, 1.82) is 0 Å². The van der Waals surface area contributed by atoms with Crippen molar-refractivity contribution < 1.29 is 43.2 Å². The summed E-state index contributed by atoms with van der Waals surface area (Å²) in [5.41, 5.74) is -0.722. The number of likely N-dealkylation sites (tertiary alicyclic amines) is 1. The average Bonchev–Trinajstić information content (AvgIpc) is 3.54. The van der Waals surface area contributed by atoms with Gasteiger partial charge in [0, 0.05) is 30.0 Å². The minimum Gasteiger partial charge on any atom is -0.477 e. The lowest BCUT2D eigenvalue weighted by Gasteiger charge is -2.61. The van der Waals surface area contributed by atoms with Crippen LogP contribution >= 0.6 is 0 Å². The van der Waals surface area contributed by atoms with Gasteiger partial charge < -0.3 is 33.7 Å². The summed E-state index contributed by atoms with van der Waals surface area (Å²) in [7, 11) is 2.02. The molecule has 318 valence electrons. The highest BCUT2D eigenvalue weighted by molar-refractivity contribution is 5.82. The van der Waals surface area contributed by atoms with Gasteiger partial charge in [0.1, 0.15) is 11.4 Å². The van der Waals surface area contributed by atoms with Crippen LogP contribution in [0, 0.1) is 0 Å². The van der Waals surface area contributed by atoms with Gasteiger partial charge in [-0.25, -0.2) is 9.59 Å². The summed E-state index contributed by atoms with van der Waals surface area (Å²) in [6.07, 6.45) is 18.7. The fourth-order valence-corrected chi connectivity index (χ4v) is 9.75. The zero-order valence-electron chi connectivity index (χ0n) is 35.7. The number of nitrogens with zero attached hydrogens (tertiary/aromatic N) is 1. The number of carbonyl (C=O) groups is 3. The molecule has 1 spiro atoms. The van der Waals surface area contributed by atoms with Crippen LogP contribution in [-0.4, -0.2) is 65.0 Å². The molecule has 1 unspecified atom stereocenters. The highest BCUT2D eigenvalue weighted by Crippen LogP contribution is 2.65. The molecule has 5 atom stereocenters. The third-order valence-electron chi connectivity index (χ3n) is 12.7. The molecule has 6 rings (SSSR count). The standard InChI is InChI=1S/C48H67NO9/c1-6-7-8-9-10-11-12-13-14-15-16-17-18-19-23-26-39(50)56-41(34-24-21-20-22-25-34)44(51)54-37-29-30-48(53)38-33-35-27-28-36(55-45(52)58-46(2,3)4)42-40(35)47(48,43(37)57-42)31-32-49(38)5/h20-22,24-25,27-29,38,41,43,53H,6-19,23,26,30-33H2,1-5H3/t38-,41?,43+,47+,48-/m1/s1. The Morgan fingerprint density at radius 1 is 0.862 bits per heavy atom. The van der Waals surface area contributed by atoms with Crippen molar-refractivity contribution in [2.75, 3.05) is 13.6 Å². The molecule has 2 aromatic rings. The first-order valence-corrected chi connectivity index (χ1v) is 22.2. The maximum atomic E-state index is 14.2. The van der Waals surface area contributed by atoms with E-state index in [1.54, 1.807) is 57.2 Å². The van der Waals surface area contributed by atoms with E-state index in [2.05, 4.69) is 11.8 Å². The molecule has 10 nitrogen and oxygen atoms in total. The Balaban J connectivity index is 1.07. The van der Waals surface area contributed by atoms with Gasteiger partial charge in [-0.15, -0.1) is 0 Å². The van der Waals surface area contributed by atoms with Crippen LogP contribution in [0.5, 0.6) is 11.5 Å². The highest BCUT2D eigenvalue weighted by atomic mass is 16.7. The second kappa shape index (κ2) is 19.4. The first kappa shape index (κ1) is 43.7. The lowest BCUT2D eigenvalue weighted by molar-refractivity contribution is -0.176. The summed E-state index contributed by atoms with van der Waals surface area (Å²) in [5, 5.41) is 12.7. The third-order valence-corrected chi connectivity index (χ3v) is 12.7. The second-order valence-electron chi connectivity index (χ2n) is 18.0. The molecular weight excluding hydrogens is 735 g/mol. The molecule has 2 aromatic carbocycles. The van der Waals surface area contributed by atoms with Crippen LogP contribution < -0.4 is 9.47 Å². The number of esters is 2. The number of hydrogen-bond acceptors (Lipinski definition) is 10. The molecule has 2 heterocycles. The minimum atomic E-state index is -1.29. The lowest BCUT2D eigenvalue weighted by atomic mass is 9.50. The maximum Gasteiger partial charge on any atom is 0.514 e. The number of aliphatic hydroxyl groups is 1. The van der Waals surface area contributed by atoms with Crippen LogP contribution in [0.4, 0.5) is 4.79 Å². The molecule has 0 saturated carbocycles. The van der Waals surface area contributed by atoms with Crippen molar-refractivity contribution in [3.8, 4) is 11.5 Å². The second-order valence-corrected chi connectivity index (χ2v) is 18.0. The van der Waals surface area contributed by atoms with Gasteiger partial charge in [0.05, 0.1) is 11.0 Å². The third kappa shape index (κ3) is 9.76. The Morgan fingerprint density at radius 3 is 2.10 bits per heavy atom. The largest absolute Gasteiger partial charge is 0.514 e. The van der Waals surface area contributed by atoms with Crippen LogP contribution in [0.2, 0.25) is 0 Å². The normalized spacial score (nSPS) is 23.6. The Labute approximate surface area is 346 Å². The number of ether oxygens (including phenoxy) is 5. The van der Waals surface area contributed by atoms with Crippen LogP contribution in [0.15, 0.2) is 54.3 Å². The van der Waals surface area contributed by atoms with Gasteiger partial charge in [0.25, 0.3) is 0 Å². The minimum absolute atomic E-state index is 0.178.